The second-order valence-electron chi connectivity index (χ2n) is 19.5. The lowest BCUT2D eigenvalue weighted by Gasteiger charge is -2.29. The van der Waals surface area contributed by atoms with E-state index >= 15 is 0 Å². The fourth-order valence-corrected chi connectivity index (χ4v) is 7.67. The summed E-state index contributed by atoms with van der Waals surface area (Å²) in [6, 6.07) is -0.941. The Morgan fingerprint density at radius 1 is 0.486 bits per heavy atom. The second-order valence-corrected chi connectivity index (χ2v) is 20.9. The van der Waals surface area contributed by atoms with Gasteiger partial charge in [-0.25, -0.2) is 0 Å². The molecule has 0 aliphatic rings. The Balaban J connectivity index is 4.33. The maximum atomic E-state index is 12.9. The molecule has 0 radical (unpaired) electrons. The smallest absolute Gasteiger partial charge is 0.268 e. The summed E-state index contributed by atoms with van der Waals surface area (Å²) >= 11 is 0. The minimum atomic E-state index is -4.63. The molecule has 3 atom stereocenters. The molecule has 2 N–H and O–H groups in total. The largest absolute Gasteiger partial charge is 0.756 e. The van der Waals surface area contributed by atoms with Gasteiger partial charge < -0.3 is 28.8 Å². The molecule has 3 unspecified atom stereocenters. The zero-order chi connectivity index (χ0) is 54.2. The highest BCUT2D eigenvalue weighted by atomic mass is 31.2. The molecule has 0 heterocycles. The van der Waals surface area contributed by atoms with E-state index in [2.05, 4.69) is 177 Å². The van der Waals surface area contributed by atoms with Crippen LogP contribution < -0.4 is 10.2 Å². The zero-order valence-electron chi connectivity index (χ0n) is 47.2. The number of unbranched alkanes of at least 4 members (excludes halogenated alkanes) is 10. The van der Waals surface area contributed by atoms with Crippen molar-refractivity contribution in [3.05, 3.63) is 170 Å². The Bertz CT molecular complexity index is 1800. The Labute approximate surface area is 453 Å². The molecular formula is C65H105N2O6P. The van der Waals surface area contributed by atoms with E-state index in [4.69, 9.17) is 9.05 Å². The Morgan fingerprint density at radius 2 is 0.838 bits per heavy atom. The molecule has 0 aromatic carbocycles. The van der Waals surface area contributed by atoms with Crippen LogP contribution in [0.4, 0.5) is 0 Å². The molecule has 0 aromatic rings. The minimum Gasteiger partial charge on any atom is -0.756 e. The lowest BCUT2D eigenvalue weighted by Crippen LogP contribution is -2.45. The topological polar surface area (TPSA) is 108 Å². The number of aliphatic hydroxyl groups excluding tert-OH is 1. The van der Waals surface area contributed by atoms with E-state index in [9.17, 15) is 19.4 Å². The normalized spacial score (nSPS) is 15.2. The number of likely N-dealkylation sites (N-methyl/N-ethyl adjacent to an activating group) is 1. The number of aliphatic hydroxyl groups is 1. The molecule has 0 aromatic heterocycles. The zero-order valence-corrected chi connectivity index (χ0v) is 48.1. The predicted octanol–water partition coefficient (Wildman–Crippen LogP) is 17.0. The standard InChI is InChI=1S/C65H105N2O6P/c1-6-8-10-12-14-16-18-20-22-23-24-25-26-27-28-29-30-31-32-33-34-35-36-37-38-39-40-41-42-43-45-47-49-51-53-55-57-59-65(69)66-63(62-73-74(70,71)72-61-60-67(3,4)5)64(68)58-56-54-52-50-48-46-44-21-19-17-15-13-11-9-7-2/h8,10,14,16,19-22,24-25,27-28,30-31,33-34,36-37,39-40,42-43,47-50,56,58,63-64,68H,6-7,9,11-13,15,17-18,23,26,29,32,35,38,41,44-46,51-55,57,59-62H2,1-5H3,(H-,66,69,70,71)/b10-8-,16-14-,21-19+,22-20-,25-24-,28-27-,31-30-,34-33-,37-36-,40-39-,43-42-,49-47-,50-48+,58-56+. The van der Waals surface area contributed by atoms with Crippen molar-refractivity contribution in [2.75, 3.05) is 40.9 Å². The Kier molecular flexibility index (Phi) is 50.7. The summed E-state index contributed by atoms with van der Waals surface area (Å²) in [5.74, 6) is -0.252. The molecule has 9 heteroatoms. The predicted molar refractivity (Wildman–Crippen MR) is 320 cm³/mol. The van der Waals surface area contributed by atoms with Gasteiger partial charge in [0.15, 0.2) is 0 Å². The van der Waals surface area contributed by atoms with E-state index in [1.807, 2.05) is 27.2 Å². The fraction of sp³-hybridized carbons (Fsp3) is 0.554. The van der Waals surface area contributed by atoms with Crippen LogP contribution in [-0.2, 0) is 18.4 Å². The van der Waals surface area contributed by atoms with Gasteiger partial charge in [0.05, 0.1) is 39.9 Å². The summed E-state index contributed by atoms with van der Waals surface area (Å²) in [5.41, 5.74) is 0. The van der Waals surface area contributed by atoms with Crippen LogP contribution in [-0.4, -0.2) is 68.5 Å². The third-order valence-electron chi connectivity index (χ3n) is 11.4. The van der Waals surface area contributed by atoms with Crippen LogP contribution in [0.25, 0.3) is 0 Å². The first kappa shape index (κ1) is 69.9. The van der Waals surface area contributed by atoms with E-state index in [0.717, 1.165) is 116 Å². The number of rotatable bonds is 49. The number of amides is 1. The van der Waals surface area contributed by atoms with Crippen molar-refractivity contribution in [1.29, 1.82) is 0 Å². The van der Waals surface area contributed by atoms with Gasteiger partial charge in [-0.1, -0.05) is 216 Å². The number of quaternary nitrogens is 1. The molecular weight excluding hydrogens is 936 g/mol. The maximum Gasteiger partial charge on any atom is 0.268 e. The van der Waals surface area contributed by atoms with Crippen molar-refractivity contribution in [2.45, 2.75) is 193 Å². The van der Waals surface area contributed by atoms with Gasteiger partial charge in [0.1, 0.15) is 13.2 Å². The molecule has 0 spiro atoms. The van der Waals surface area contributed by atoms with E-state index in [1.165, 1.54) is 32.1 Å². The Hall–Kier alpha value is -4.14. The van der Waals surface area contributed by atoms with Crippen molar-refractivity contribution in [1.82, 2.24) is 5.32 Å². The summed E-state index contributed by atoms with van der Waals surface area (Å²) in [6.07, 6.45) is 85.8. The number of hydrogen-bond acceptors (Lipinski definition) is 6. The number of carbonyl (C=O) groups is 1. The highest BCUT2D eigenvalue weighted by Crippen LogP contribution is 2.38. The van der Waals surface area contributed by atoms with Gasteiger partial charge in [0.25, 0.3) is 7.82 Å². The molecule has 416 valence electrons. The van der Waals surface area contributed by atoms with Crippen molar-refractivity contribution in [3.8, 4) is 0 Å². The molecule has 0 saturated heterocycles. The molecule has 74 heavy (non-hydrogen) atoms. The van der Waals surface area contributed by atoms with Crippen LogP contribution in [0.1, 0.15) is 181 Å². The number of hydrogen-bond donors (Lipinski definition) is 2. The fourth-order valence-electron chi connectivity index (χ4n) is 6.95. The van der Waals surface area contributed by atoms with Gasteiger partial charge in [0, 0.05) is 6.42 Å². The van der Waals surface area contributed by atoms with Crippen LogP contribution >= 0.6 is 7.82 Å². The van der Waals surface area contributed by atoms with E-state index in [1.54, 1.807) is 6.08 Å². The van der Waals surface area contributed by atoms with Crippen molar-refractivity contribution in [3.63, 3.8) is 0 Å². The first-order chi connectivity index (χ1) is 36.0. The van der Waals surface area contributed by atoms with E-state index in [0.29, 0.717) is 23.9 Å². The van der Waals surface area contributed by atoms with Crippen LogP contribution in [0.5, 0.6) is 0 Å². The molecule has 8 nitrogen and oxygen atoms in total. The van der Waals surface area contributed by atoms with Crippen molar-refractivity contribution in [2.24, 2.45) is 0 Å². The number of nitrogens with one attached hydrogen (secondary N) is 1. The first-order valence-electron chi connectivity index (χ1n) is 28.5. The molecule has 0 fully saturated rings. The average molecular weight is 1040 g/mol. The third kappa shape index (κ3) is 55.6. The van der Waals surface area contributed by atoms with Crippen molar-refractivity contribution < 1.29 is 32.9 Å². The SMILES string of the molecule is CC/C=C\C/C=C\C/C=C\C/C=C\C/C=C\C/C=C\C/C=C\C/C=C\C/C=C\C/C=C\C/C=C\CCCCCC(=O)NC(COP(=O)([O-])OCC[N+](C)(C)C)C(O)/C=C/CC/C=C/CC/C=C/CCCCCCC. The second kappa shape index (κ2) is 53.7. The van der Waals surface area contributed by atoms with Gasteiger partial charge in [-0.05, 0) is 128 Å². The Morgan fingerprint density at radius 3 is 1.24 bits per heavy atom. The summed E-state index contributed by atoms with van der Waals surface area (Å²) in [6.45, 7) is 4.43. The van der Waals surface area contributed by atoms with Gasteiger partial charge >= 0.3 is 0 Å². The average Bonchev–Trinajstić information content (AvgIpc) is 3.36. The lowest BCUT2D eigenvalue weighted by molar-refractivity contribution is -0.870. The van der Waals surface area contributed by atoms with Gasteiger partial charge in [-0.3, -0.25) is 9.36 Å². The van der Waals surface area contributed by atoms with Crippen LogP contribution in [0.3, 0.4) is 0 Å². The highest BCUT2D eigenvalue weighted by Gasteiger charge is 2.23. The molecule has 1 amide bonds. The van der Waals surface area contributed by atoms with E-state index in [-0.39, 0.29) is 18.9 Å². The summed E-state index contributed by atoms with van der Waals surface area (Å²) in [5, 5.41) is 13.8. The van der Waals surface area contributed by atoms with Crippen LogP contribution in [0, 0.1) is 0 Å². The third-order valence-corrected chi connectivity index (χ3v) is 12.4. The first-order valence-corrected chi connectivity index (χ1v) is 30.0. The quantitative estimate of drug-likeness (QED) is 0.0272. The molecule has 0 rings (SSSR count). The van der Waals surface area contributed by atoms with Crippen LogP contribution in [0.2, 0.25) is 0 Å². The molecule has 0 aliphatic carbocycles. The number of phosphoric acid groups is 1. The summed E-state index contributed by atoms with van der Waals surface area (Å²) in [4.78, 5) is 25.4. The monoisotopic (exact) mass is 1040 g/mol. The number of allylic oxidation sites excluding steroid dienone is 27. The highest BCUT2D eigenvalue weighted by molar-refractivity contribution is 7.45. The lowest BCUT2D eigenvalue weighted by atomic mass is 10.1. The number of phosphoric ester groups is 1. The number of nitrogens with zero attached hydrogens (tertiary/aromatic N) is 1. The van der Waals surface area contributed by atoms with Gasteiger partial charge in [-0.15, -0.1) is 0 Å². The van der Waals surface area contributed by atoms with Crippen LogP contribution in [0.15, 0.2) is 170 Å². The molecule has 0 saturated carbocycles. The molecule has 0 bridgehead atoms. The van der Waals surface area contributed by atoms with Crippen molar-refractivity contribution >= 4 is 13.7 Å². The molecule has 0 aliphatic heterocycles. The maximum absolute atomic E-state index is 12.9. The van der Waals surface area contributed by atoms with Gasteiger partial charge in [0.2, 0.25) is 5.91 Å². The minimum absolute atomic E-state index is 0.0258. The summed E-state index contributed by atoms with van der Waals surface area (Å²) in [7, 11) is 1.18. The summed E-state index contributed by atoms with van der Waals surface area (Å²) < 4.78 is 23.2. The number of carbonyl (C=O) groups excluding carboxylic acids is 1. The van der Waals surface area contributed by atoms with Gasteiger partial charge in [-0.2, -0.15) is 0 Å². The van der Waals surface area contributed by atoms with E-state index < -0.39 is 26.6 Å².